The van der Waals surface area contributed by atoms with Crippen LogP contribution in [0, 0.1) is 0 Å². The van der Waals surface area contributed by atoms with E-state index in [1.807, 2.05) is 12.1 Å². The quantitative estimate of drug-likeness (QED) is 0.861. The lowest BCUT2D eigenvalue weighted by Gasteiger charge is -2.34. The smallest absolute Gasteiger partial charge is 0.341 e. The first-order chi connectivity index (χ1) is 10.1. The molecule has 1 aromatic heterocycles. The van der Waals surface area contributed by atoms with Crippen molar-refractivity contribution in [3.05, 3.63) is 40.2 Å². The number of carboxylic acids is 1. The topological polar surface area (TPSA) is 76.6 Å². The number of rotatable bonds is 2. The number of piperazine rings is 1. The third kappa shape index (κ3) is 2.50. The van der Waals surface area contributed by atoms with Gasteiger partial charge in [-0.25, -0.2) is 4.79 Å². The monoisotopic (exact) mass is 287 g/mol. The van der Waals surface area contributed by atoms with Gasteiger partial charge in [-0.15, -0.1) is 0 Å². The van der Waals surface area contributed by atoms with E-state index in [9.17, 15) is 9.59 Å². The highest BCUT2D eigenvalue weighted by Crippen LogP contribution is 2.20. The van der Waals surface area contributed by atoms with Crippen LogP contribution in [0.15, 0.2) is 29.2 Å². The second kappa shape index (κ2) is 5.21. The van der Waals surface area contributed by atoms with E-state index in [1.54, 1.807) is 6.07 Å². The van der Waals surface area contributed by atoms with Gasteiger partial charge in [0.05, 0.1) is 5.52 Å². The lowest BCUT2D eigenvalue weighted by atomic mass is 10.1. The predicted octanol–water partition coefficient (Wildman–Crippen LogP) is 0.978. The van der Waals surface area contributed by atoms with Crippen LogP contribution in [-0.2, 0) is 0 Å². The molecule has 0 saturated carbocycles. The molecule has 6 heteroatoms. The summed E-state index contributed by atoms with van der Waals surface area (Å²) in [7, 11) is 2.10. The summed E-state index contributed by atoms with van der Waals surface area (Å²) in [4.78, 5) is 30.5. The van der Waals surface area contributed by atoms with E-state index in [1.165, 1.54) is 6.20 Å². The van der Waals surface area contributed by atoms with Crippen molar-refractivity contribution >= 4 is 22.6 Å². The summed E-state index contributed by atoms with van der Waals surface area (Å²) >= 11 is 0. The number of aromatic carboxylic acids is 1. The molecule has 1 fully saturated rings. The molecule has 2 heterocycles. The third-order valence-corrected chi connectivity index (χ3v) is 3.96. The van der Waals surface area contributed by atoms with Crippen LogP contribution in [0.2, 0.25) is 0 Å². The number of hydrogen-bond donors (Lipinski definition) is 2. The second-order valence-corrected chi connectivity index (χ2v) is 5.36. The standard InChI is InChI=1S/C15H17N3O3/c1-17-4-6-18(7-5-17)10-2-3-11-13(8-10)16-9-12(14(11)19)15(20)21/h2-3,8-9H,4-7H2,1H3,(H,16,19)(H,20,21). The van der Waals surface area contributed by atoms with Gasteiger partial charge in [0.1, 0.15) is 5.56 Å². The summed E-state index contributed by atoms with van der Waals surface area (Å²) in [5.74, 6) is -1.21. The van der Waals surface area contributed by atoms with Crippen LogP contribution in [0.25, 0.3) is 10.9 Å². The number of nitrogens with one attached hydrogen (secondary N) is 1. The van der Waals surface area contributed by atoms with E-state index in [0.29, 0.717) is 10.9 Å². The fraction of sp³-hybridized carbons (Fsp3) is 0.333. The Hall–Kier alpha value is -2.34. The molecule has 0 atom stereocenters. The number of carboxylic acid groups (broad SMARTS) is 1. The van der Waals surface area contributed by atoms with E-state index in [2.05, 4.69) is 21.8 Å². The van der Waals surface area contributed by atoms with Crippen molar-refractivity contribution in [3.63, 3.8) is 0 Å². The van der Waals surface area contributed by atoms with Gasteiger partial charge in [0.25, 0.3) is 0 Å². The molecule has 0 amide bonds. The van der Waals surface area contributed by atoms with Crippen LogP contribution in [0.5, 0.6) is 0 Å². The third-order valence-electron chi connectivity index (χ3n) is 3.96. The molecule has 2 N–H and O–H groups in total. The van der Waals surface area contributed by atoms with Gasteiger partial charge in [-0.05, 0) is 25.2 Å². The van der Waals surface area contributed by atoms with Crippen molar-refractivity contribution in [2.45, 2.75) is 0 Å². The Morgan fingerprint density at radius 1 is 1.24 bits per heavy atom. The largest absolute Gasteiger partial charge is 0.477 e. The Bertz CT molecular complexity index is 745. The second-order valence-electron chi connectivity index (χ2n) is 5.36. The van der Waals surface area contributed by atoms with Crippen LogP contribution >= 0.6 is 0 Å². The summed E-state index contributed by atoms with van der Waals surface area (Å²) in [6.45, 7) is 3.90. The average molecular weight is 287 g/mol. The fourth-order valence-corrected chi connectivity index (χ4v) is 2.63. The number of likely N-dealkylation sites (N-methyl/N-ethyl adjacent to an activating group) is 1. The van der Waals surface area contributed by atoms with Crippen molar-refractivity contribution in [3.8, 4) is 0 Å². The maximum absolute atomic E-state index is 12.1. The van der Waals surface area contributed by atoms with Gasteiger partial charge >= 0.3 is 5.97 Å². The maximum atomic E-state index is 12.1. The summed E-state index contributed by atoms with van der Waals surface area (Å²) in [6.07, 6.45) is 1.26. The molecular formula is C15H17N3O3. The number of anilines is 1. The number of aromatic nitrogens is 1. The number of hydrogen-bond acceptors (Lipinski definition) is 4. The van der Waals surface area contributed by atoms with Gasteiger partial charge in [-0.2, -0.15) is 0 Å². The zero-order valence-electron chi connectivity index (χ0n) is 11.8. The zero-order chi connectivity index (χ0) is 15.0. The molecule has 6 nitrogen and oxygen atoms in total. The molecule has 0 spiro atoms. The van der Waals surface area contributed by atoms with Crippen LogP contribution in [0.3, 0.4) is 0 Å². The number of nitrogens with zero attached hydrogens (tertiary/aromatic N) is 2. The van der Waals surface area contributed by atoms with Gasteiger partial charge in [0.2, 0.25) is 5.43 Å². The van der Waals surface area contributed by atoms with Gasteiger partial charge in [0.15, 0.2) is 0 Å². The fourth-order valence-electron chi connectivity index (χ4n) is 2.63. The van der Waals surface area contributed by atoms with E-state index < -0.39 is 11.4 Å². The van der Waals surface area contributed by atoms with Crippen LogP contribution in [0.1, 0.15) is 10.4 Å². The van der Waals surface area contributed by atoms with Gasteiger partial charge in [-0.3, -0.25) is 4.79 Å². The molecule has 2 aromatic rings. The van der Waals surface area contributed by atoms with Crippen molar-refractivity contribution in [2.24, 2.45) is 0 Å². The van der Waals surface area contributed by atoms with E-state index in [0.717, 1.165) is 31.9 Å². The Balaban J connectivity index is 2.00. The van der Waals surface area contributed by atoms with Crippen molar-refractivity contribution in [2.75, 3.05) is 38.1 Å². The van der Waals surface area contributed by atoms with E-state index in [-0.39, 0.29) is 5.56 Å². The predicted molar refractivity (Wildman–Crippen MR) is 81.2 cm³/mol. The van der Waals surface area contributed by atoms with Crippen LogP contribution in [-0.4, -0.2) is 54.2 Å². The SMILES string of the molecule is CN1CCN(c2ccc3c(=O)c(C(=O)O)c[nH]c3c2)CC1. The summed E-state index contributed by atoms with van der Waals surface area (Å²) in [5.41, 5.74) is 1.05. The first-order valence-electron chi connectivity index (χ1n) is 6.88. The number of carbonyl (C=O) groups is 1. The van der Waals surface area contributed by atoms with Gasteiger partial charge in [0, 0.05) is 43.4 Å². The lowest BCUT2D eigenvalue weighted by molar-refractivity contribution is 0.0695. The molecule has 1 aromatic carbocycles. The Morgan fingerprint density at radius 2 is 1.95 bits per heavy atom. The Morgan fingerprint density at radius 3 is 2.62 bits per heavy atom. The highest BCUT2D eigenvalue weighted by Gasteiger charge is 2.16. The van der Waals surface area contributed by atoms with E-state index in [4.69, 9.17) is 5.11 Å². The van der Waals surface area contributed by atoms with Crippen LogP contribution in [0.4, 0.5) is 5.69 Å². The first kappa shape index (κ1) is 13.6. The molecule has 110 valence electrons. The van der Waals surface area contributed by atoms with Crippen molar-refractivity contribution in [1.82, 2.24) is 9.88 Å². The zero-order valence-corrected chi connectivity index (χ0v) is 11.8. The Kier molecular flexibility index (Phi) is 3.39. The summed E-state index contributed by atoms with van der Waals surface area (Å²) in [5, 5.41) is 9.39. The maximum Gasteiger partial charge on any atom is 0.341 e. The minimum atomic E-state index is -1.21. The molecule has 0 unspecified atom stereocenters. The number of fused-ring (bicyclic) bond motifs is 1. The highest BCUT2D eigenvalue weighted by atomic mass is 16.4. The number of pyridine rings is 1. The molecule has 0 radical (unpaired) electrons. The van der Waals surface area contributed by atoms with Crippen molar-refractivity contribution < 1.29 is 9.90 Å². The highest BCUT2D eigenvalue weighted by molar-refractivity contribution is 5.93. The minimum Gasteiger partial charge on any atom is -0.477 e. The first-order valence-corrected chi connectivity index (χ1v) is 6.88. The van der Waals surface area contributed by atoms with E-state index >= 15 is 0 Å². The number of benzene rings is 1. The molecule has 0 aliphatic carbocycles. The normalized spacial score (nSPS) is 16.3. The minimum absolute atomic E-state index is 0.227. The van der Waals surface area contributed by atoms with Gasteiger partial charge < -0.3 is 19.9 Å². The molecule has 1 aliphatic heterocycles. The molecule has 21 heavy (non-hydrogen) atoms. The Labute approximate surface area is 121 Å². The van der Waals surface area contributed by atoms with Gasteiger partial charge in [-0.1, -0.05) is 0 Å². The number of H-pyrrole nitrogens is 1. The van der Waals surface area contributed by atoms with Crippen molar-refractivity contribution in [1.29, 1.82) is 0 Å². The number of aromatic amines is 1. The molecule has 1 saturated heterocycles. The summed E-state index contributed by atoms with van der Waals surface area (Å²) < 4.78 is 0. The molecule has 0 bridgehead atoms. The molecule has 3 rings (SSSR count). The van der Waals surface area contributed by atoms with Crippen LogP contribution < -0.4 is 10.3 Å². The summed E-state index contributed by atoms with van der Waals surface area (Å²) in [6, 6.07) is 5.50. The average Bonchev–Trinajstić information content (AvgIpc) is 2.47. The molecular weight excluding hydrogens is 270 g/mol. The lowest BCUT2D eigenvalue weighted by Crippen LogP contribution is -2.44. The molecule has 1 aliphatic rings.